The number of aldehydes is 1. The van der Waals surface area contributed by atoms with Crippen molar-refractivity contribution in [1.82, 2.24) is 0 Å². The molecule has 0 aromatic rings. The van der Waals surface area contributed by atoms with E-state index >= 15 is 0 Å². The van der Waals surface area contributed by atoms with Gasteiger partial charge in [0.05, 0.1) is 6.10 Å². The van der Waals surface area contributed by atoms with Gasteiger partial charge in [0.1, 0.15) is 6.29 Å². The second-order valence-corrected chi connectivity index (χ2v) is 14.2. The molecule has 0 radical (unpaired) electrons. The summed E-state index contributed by atoms with van der Waals surface area (Å²) in [7, 11) is -1.79. The fourth-order valence-electron chi connectivity index (χ4n) is 2.92. The molecule has 0 aromatic carbocycles. The molecule has 0 spiro atoms. The average molecular weight is 391 g/mol. The van der Waals surface area contributed by atoms with Crippen molar-refractivity contribution in [2.75, 3.05) is 0 Å². The summed E-state index contributed by atoms with van der Waals surface area (Å²) in [5.74, 6) is 0.377. The molecule has 0 aliphatic heterocycles. The van der Waals surface area contributed by atoms with Crippen molar-refractivity contribution < 1.29 is 9.22 Å². The third kappa shape index (κ3) is 9.52. The summed E-state index contributed by atoms with van der Waals surface area (Å²) >= 11 is 0. The summed E-state index contributed by atoms with van der Waals surface area (Å²) in [5.41, 5.74) is 4.19. The van der Waals surface area contributed by atoms with Gasteiger partial charge in [-0.25, -0.2) is 0 Å². The van der Waals surface area contributed by atoms with E-state index in [4.69, 9.17) is 4.43 Å². The molecule has 0 aliphatic rings. The predicted molar refractivity (Wildman–Crippen MR) is 123 cm³/mol. The van der Waals surface area contributed by atoms with E-state index in [0.29, 0.717) is 17.9 Å². The molecule has 2 nitrogen and oxygen atoms in total. The van der Waals surface area contributed by atoms with Crippen LogP contribution in [-0.4, -0.2) is 20.7 Å². The van der Waals surface area contributed by atoms with Gasteiger partial charge in [-0.2, -0.15) is 0 Å². The van der Waals surface area contributed by atoms with E-state index < -0.39 is 8.32 Å². The molecule has 154 valence electrons. The highest BCUT2D eigenvalue weighted by atomic mass is 28.4. The molecule has 0 saturated carbocycles. The molecule has 0 unspecified atom stereocenters. The standard InChI is InChI=1S/C24H42O2Si/c1-12-23(26-27(10,11)24(7,8)9)22(6)16-20(4)14-18(2)13-19(3)15-21(5)17-25/h13,16-18,23H,4-5,12,14-15H2,1-3,6-11H3/b19-13+,22-16+/t18-,23-/m1/s1. The largest absolute Gasteiger partial charge is 0.410 e. The fourth-order valence-corrected chi connectivity index (χ4v) is 4.34. The van der Waals surface area contributed by atoms with E-state index in [1.54, 1.807) is 0 Å². The maximum atomic E-state index is 10.7. The topological polar surface area (TPSA) is 26.3 Å². The molecule has 0 aromatic heterocycles. The Morgan fingerprint density at radius 3 is 2.15 bits per heavy atom. The monoisotopic (exact) mass is 390 g/mol. The highest BCUT2D eigenvalue weighted by Crippen LogP contribution is 2.38. The van der Waals surface area contributed by atoms with Crippen LogP contribution in [0.3, 0.4) is 0 Å². The van der Waals surface area contributed by atoms with Gasteiger partial charge in [0.15, 0.2) is 8.32 Å². The minimum Gasteiger partial charge on any atom is -0.410 e. The molecule has 0 heterocycles. The van der Waals surface area contributed by atoms with Gasteiger partial charge in [-0.05, 0) is 68.3 Å². The van der Waals surface area contributed by atoms with Crippen molar-refractivity contribution in [3.63, 3.8) is 0 Å². The first kappa shape index (κ1) is 25.8. The molecule has 0 N–H and O–H groups in total. The Hall–Kier alpha value is -1.19. The van der Waals surface area contributed by atoms with Crippen LogP contribution < -0.4 is 0 Å². The van der Waals surface area contributed by atoms with Crippen LogP contribution in [-0.2, 0) is 9.22 Å². The minimum absolute atomic E-state index is 0.158. The highest BCUT2D eigenvalue weighted by Gasteiger charge is 2.39. The molecule has 2 atom stereocenters. The third-order valence-electron chi connectivity index (χ3n) is 5.38. The Morgan fingerprint density at radius 2 is 1.70 bits per heavy atom. The van der Waals surface area contributed by atoms with Gasteiger partial charge in [-0.15, -0.1) is 0 Å². The van der Waals surface area contributed by atoms with Crippen molar-refractivity contribution in [3.05, 3.63) is 47.6 Å². The summed E-state index contributed by atoms with van der Waals surface area (Å²) in [6.45, 7) is 28.0. The first-order chi connectivity index (χ1) is 12.2. The first-order valence-corrected chi connectivity index (χ1v) is 13.0. The van der Waals surface area contributed by atoms with Crippen LogP contribution in [0, 0.1) is 5.92 Å². The van der Waals surface area contributed by atoms with Gasteiger partial charge in [-0.3, -0.25) is 4.79 Å². The first-order valence-electron chi connectivity index (χ1n) is 10.1. The van der Waals surface area contributed by atoms with E-state index in [2.05, 4.69) is 86.9 Å². The van der Waals surface area contributed by atoms with Gasteiger partial charge >= 0.3 is 0 Å². The third-order valence-corrected chi connectivity index (χ3v) is 9.87. The lowest BCUT2D eigenvalue weighted by Gasteiger charge is -2.39. The van der Waals surface area contributed by atoms with Crippen molar-refractivity contribution in [2.45, 2.75) is 92.0 Å². The number of hydrogen-bond acceptors (Lipinski definition) is 2. The summed E-state index contributed by atoms with van der Waals surface area (Å²) in [6, 6.07) is 0. The fraction of sp³-hybridized carbons (Fsp3) is 0.625. The zero-order chi connectivity index (χ0) is 21.4. The smallest absolute Gasteiger partial charge is 0.192 e. The lowest BCUT2D eigenvalue weighted by atomic mass is 9.96. The van der Waals surface area contributed by atoms with Crippen molar-refractivity contribution in [1.29, 1.82) is 0 Å². The Labute approximate surface area is 169 Å². The molecule has 0 bridgehead atoms. The van der Waals surface area contributed by atoms with Gasteiger partial charge < -0.3 is 4.43 Å². The van der Waals surface area contributed by atoms with Crippen LogP contribution in [0.5, 0.6) is 0 Å². The van der Waals surface area contributed by atoms with Crippen LogP contribution >= 0.6 is 0 Å². The predicted octanol–water partition coefficient (Wildman–Crippen LogP) is 7.41. The van der Waals surface area contributed by atoms with E-state index in [0.717, 1.165) is 24.7 Å². The van der Waals surface area contributed by atoms with Gasteiger partial charge in [-0.1, -0.05) is 71.1 Å². The summed E-state index contributed by atoms with van der Waals surface area (Å²) < 4.78 is 6.61. The van der Waals surface area contributed by atoms with Crippen LogP contribution in [0.4, 0.5) is 0 Å². The van der Waals surface area contributed by atoms with E-state index in [1.807, 2.05) is 0 Å². The second-order valence-electron chi connectivity index (χ2n) is 9.47. The summed E-state index contributed by atoms with van der Waals surface area (Å²) in [5, 5.41) is 0.208. The Kier molecular flexibility index (Phi) is 10.5. The quantitative estimate of drug-likeness (QED) is 0.121. The number of allylic oxidation sites excluding steroid dienone is 5. The highest BCUT2D eigenvalue weighted by molar-refractivity contribution is 6.74. The summed E-state index contributed by atoms with van der Waals surface area (Å²) in [4.78, 5) is 10.7. The normalized spacial score (nSPS) is 16.0. The zero-order valence-electron chi connectivity index (χ0n) is 19.2. The zero-order valence-corrected chi connectivity index (χ0v) is 20.2. The number of rotatable bonds is 11. The molecular weight excluding hydrogens is 348 g/mol. The van der Waals surface area contributed by atoms with Crippen LogP contribution in [0.15, 0.2) is 47.6 Å². The minimum atomic E-state index is -1.79. The molecule has 0 aliphatic carbocycles. The lowest BCUT2D eigenvalue weighted by Crippen LogP contribution is -2.44. The maximum absolute atomic E-state index is 10.7. The maximum Gasteiger partial charge on any atom is 0.192 e. The van der Waals surface area contributed by atoms with Gasteiger partial charge in [0.2, 0.25) is 0 Å². The molecular formula is C24H42O2Si. The number of hydrogen-bond donors (Lipinski definition) is 0. The molecule has 0 saturated heterocycles. The number of carbonyl (C=O) groups excluding carboxylic acids is 1. The SMILES string of the molecule is C=C(C=O)C/C(C)=C/[C@@H](C)CC(=C)/C=C(\C)[C@@H](CC)O[Si](C)(C)C(C)(C)C. The van der Waals surface area contributed by atoms with Gasteiger partial charge in [0.25, 0.3) is 0 Å². The van der Waals surface area contributed by atoms with Crippen molar-refractivity contribution >= 4 is 14.6 Å². The van der Waals surface area contributed by atoms with Gasteiger partial charge in [0, 0.05) is 0 Å². The average Bonchev–Trinajstić information content (AvgIpc) is 2.50. The summed E-state index contributed by atoms with van der Waals surface area (Å²) in [6.07, 6.45) is 7.93. The molecule has 0 rings (SSSR count). The number of carbonyl (C=O) groups is 1. The van der Waals surface area contributed by atoms with Crippen LogP contribution in [0.1, 0.15) is 67.7 Å². The molecule has 3 heteroatoms. The lowest BCUT2D eigenvalue weighted by molar-refractivity contribution is -0.104. The van der Waals surface area contributed by atoms with E-state index in [-0.39, 0.29) is 11.1 Å². The van der Waals surface area contributed by atoms with E-state index in [1.165, 1.54) is 11.1 Å². The van der Waals surface area contributed by atoms with E-state index in [9.17, 15) is 4.79 Å². The van der Waals surface area contributed by atoms with Crippen LogP contribution in [0.25, 0.3) is 0 Å². The Balaban J connectivity index is 5.01. The Bertz CT molecular complexity index is 588. The molecule has 27 heavy (non-hydrogen) atoms. The van der Waals surface area contributed by atoms with Crippen molar-refractivity contribution in [2.24, 2.45) is 5.92 Å². The molecule has 0 fully saturated rings. The van der Waals surface area contributed by atoms with Crippen LogP contribution in [0.2, 0.25) is 18.1 Å². The molecule has 0 amide bonds. The Morgan fingerprint density at radius 1 is 1.15 bits per heavy atom. The second kappa shape index (κ2) is 11.0. The van der Waals surface area contributed by atoms with Crippen molar-refractivity contribution in [3.8, 4) is 0 Å².